The van der Waals surface area contributed by atoms with Gasteiger partial charge in [-0.25, -0.2) is 0 Å². The zero-order valence-electron chi connectivity index (χ0n) is 27.4. The molecule has 0 atom stereocenters. The van der Waals surface area contributed by atoms with E-state index in [0.717, 1.165) is 22.5 Å². The number of hydrogen-bond acceptors (Lipinski definition) is 2. The molecule has 0 N–H and O–H groups in total. The van der Waals surface area contributed by atoms with Gasteiger partial charge in [0.05, 0.1) is 11.4 Å². The van der Waals surface area contributed by atoms with E-state index in [9.17, 15) is 0 Å². The molecule has 50 heavy (non-hydrogen) atoms. The Morgan fingerprint density at radius 1 is 0.240 bits per heavy atom. The van der Waals surface area contributed by atoms with E-state index in [1.165, 1.54) is 66.1 Å². The first-order valence-corrected chi connectivity index (χ1v) is 17.0. The predicted molar refractivity (Wildman–Crippen MR) is 210 cm³/mol. The molecule has 0 amide bonds. The van der Waals surface area contributed by atoms with Crippen LogP contribution in [0.4, 0.5) is 0 Å². The highest BCUT2D eigenvalue weighted by molar-refractivity contribution is 6.22. The van der Waals surface area contributed by atoms with Crippen molar-refractivity contribution in [1.82, 2.24) is 9.97 Å². The first-order valence-electron chi connectivity index (χ1n) is 17.0. The molecule has 0 spiro atoms. The number of rotatable bonds is 6. The molecule has 0 bridgehead atoms. The highest BCUT2D eigenvalue weighted by atomic mass is 14.8. The molecule has 0 aliphatic carbocycles. The number of hydrogen-bond donors (Lipinski definition) is 0. The van der Waals surface area contributed by atoms with E-state index in [4.69, 9.17) is 0 Å². The van der Waals surface area contributed by atoms with Gasteiger partial charge in [0, 0.05) is 12.4 Å². The molecule has 2 aromatic heterocycles. The SMILES string of the molecule is c1ccc(-c2ccc(-c3c4ccccc4c(-c4ccc(-c5ccccc5)cc4)c4cc(-c5ccnc(-c6ccccn6)c5)ccc34)cc2)cc1. The van der Waals surface area contributed by atoms with E-state index in [1.807, 2.05) is 30.6 Å². The zero-order chi connectivity index (χ0) is 33.3. The molecule has 9 rings (SSSR count). The Morgan fingerprint density at radius 3 is 1.26 bits per heavy atom. The van der Waals surface area contributed by atoms with Crippen LogP contribution >= 0.6 is 0 Å². The maximum absolute atomic E-state index is 4.66. The van der Waals surface area contributed by atoms with Crippen LogP contribution in [0, 0.1) is 0 Å². The monoisotopic (exact) mass is 636 g/mol. The van der Waals surface area contributed by atoms with E-state index in [2.05, 4.69) is 174 Å². The smallest absolute Gasteiger partial charge is 0.0892 e. The van der Waals surface area contributed by atoms with Gasteiger partial charge in [0.25, 0.3) is 0 Å². The fourth-order valence-corrected chi connectivity index (χ4v) is 7.16. The quantitative estimate of drug-likeness (QED) is 0.170. The van der Waals surface area contributed by atoms with Crippen molar-refractivity contribution in [3.05, 3.63) is 194 Å². The third-order valence-corrected chi connectivity index (χ3v) is 9.61. The van der Waals surface area contributed by atoms with E-state index < -0.39 is 0 Å². The molecule has 234 valence electrons. The number of nitrogens with zero attached hydrogens (tertiary/aromatic N) is 2. The Hall–Kier alpha value is -6.64. The Bertz CT molecular complexity index is 2590. The second-order valence-electron chi connectivity index (χ2n) is 12.6. The van der Waals surface area contributed by atoms with E-state index in [-0.39, 0.29) is 0 Å². The fourth-order valence-electron chi connectivity index (χ4n) is 7.16. The molecular formula is C48H32N2. The van der Waals surface area contributed by atoms with Gasteiger partial charge in [-0.3, -0.25) is 9.97 Å². The summed E-state index contributed by atoms with van der Waals surface area (Å²) in [5.41, 5.74) is 13.7. The lowest BCUT2D eigenvalue weighted by Gasteiger charge is -2.19. The third-order valence-electron chi connectivity index (χ3n) is 9.61. The third kappa shape index (κ3) is 5.43. The highest BCUT2D eigenvalue weighted by Crippen LogP contribution is 2.45. The number of fused-ring (bicyclic) bond motifs is 2. The molecule has 0 aliphatic rings. The van der Waals surface area contributed by atoms with Gasteiger partial charge < -0.3 is 0 Å². The summed E-state index contributed by atoms with van der Waals surface area (Å²) in [6.07, 6.45) is 3.70. The minimum atomic E-state index is 0.859. The van der Waals surface area contributed by atoms with Crippen LogP contribution in [0.3, 0.4) is 0 Å². The van der Waals surface area contributed by atoms with Crippen LogP contribution in [0.15, 0.2) is 194 Å². The van der Waals surface area contributed by atoms with E-state index in [1.54, 1.807) is 0 Å². The Morgan fingerprint density at radius 2 is 0.680 bits per heavy atom. The first kappa shape index (κ1) is 29.5. The van der Waals surface area contributed by atoms with Gasteiger partial charge >= 0.3 is 0 Å². The topological polar surface area (TPSA) is 25.8 Å². The van der Waals surface area contributed by atoms with Gasteiger partial charge in [0.15, 0.2) is 0 Å². The van der Waals surface area contributed by atoms with Crippen LogP contribution in [0.25, 0.3) is 88.6 Å². The lowest BCUT2D eigenvalue weighted by Crippen LogP contribution is -1.92. The van der Waals surface area contributed by atoms with Crippen molar-refractivity contribution < 1.29 is 0 Å². The summed E-state index contributed by atoms with van der Waals surface area (Å²) >= 11 is 0. The highest BCUT2D eigenvalue weighted by Gasteiger charge is 2.18. The molecule has 2 heterocycles. The van der Waals surface area contributed by atoms with Crippen molar-refractivity contribution in [2.75, 3.05) is 0 Å². The van der Waals surface area contributed by atoms with Crippen LogP contribution in [-0.2, 0) is 0 Å². The average molecular weight is 637 g/mol. The Labute approximate surface area is 292 Å². The fraction of sp³-hybridized carbons (Fsp3) is 0. The molecule has 0 saturated carbocycles. The van der Waals surface area contributed by atoms with Gasteiger partial charge in [-0.15, -0.1) is 0 Å². The van der Waals surface area contributed by atoms with Crippen LogP contribution in [-0.4, -0.2) is 9.97 Å². The van der Waals surface area contributed by atoms with Crippen molar-refractivity contribution >= 4 is 21.5 Å². The second kappa shape index (κ2) is 12.8. The van der Waals surface area contributed by atoms with Gasteiger partial charge in [-0.1, -0.05) is 152 Å². The van der Waals surface area contributed by atoms with Gasteiger partial charge in [-0.05, 0) is 108 Å². The Balaban J connectivity index is 1.27. The lowest BCUT2D eigenvalue weighted by molar-refractivity contribution is 1.25. The van der Waals surface area contributed by atoms with E-state index >= 15 is 0 Å². The molecule has 0 unspecified atom stereocenters. The standard InChI is InChI=1S/C48H32N2/c1-3-11-33(12-4-1)35-18-22-37(23-19-35)47-41-15-7-8-16-42(41)48(38-24-20-36(21-25-38)34-13-5-2-6-14-34)44-31-39(26-27-43(44)47)40-28-30-50-46(32-40)45-17-9-10-29-49-45/h1-32H. The molecule has 0 saturated heterocycles. The van der Waals surface area contributed by atoms with Crippen molar-refractivity contribution in [2.45, 2.75) is 0 Å². The molecule has 7 aromatic carbocycles. The molecule has 0 fully saturated rings. The summed E-state index contributed by atoms with van der Waals surface area (Å²) in [7, 11) is 0. The maximum Gasteiger partial charge on any atom is 0.0892 e. The summed E-state index contributed by atoms with van der Waals surface area (Å²) in [6, 6.07) is 65.2. The van der Waals surface area contributed by atoms with Crippen LogP contribution in [0.5, 0.6) is 0 Å². The molecule has 2 heteroatoms. The largest absolute Gasteiger partial charge is 0.255 e. The van der Waals surface area contributed by atoms with E-state index in [0.29, 0.717) is 0 Å². The number of aromatic nitrogens is 2. The van der Waals surface area contributed by atoms with Crippen molar-refractivity contribution in [1.29, 1.82) is 0 Å². The van der Waals surface area contributed by atoms with Crippen LogP contribution < -0.4 is 0 Å². The average Bonchev–Trinajstić information content (AvgIpc) is 3.21. The van der Waals surface area contributed by atoms with Crippen molar-refractivity contribution in [3.8, 4) is 67.0 Å². The second-order valence-corrected chi connectivity index (χ2v) is 12.6. The van der Waals surface area contributed by atoms with Crippen molar-refractivity contribution in [2.24, 2.45) is 0 Å². The predicted octanol–water partition coefficient (Wildman–Crippen LogP) is 12.8. The maximum atomic E-state index is 4.66. The zero-order valence-corrected chi connectivity index (χ0v) is 27.4. The molecule has 0 aliphatic heterocycles. The minimum Gasteiger partial charge on any atom is -0.255 e. The van der Waals surface area contributed by atoms with Gasteiger partial charge in [0.2, 0.25) is 0 Å². The molecule has 0 radical (unpaired) electrons. The van der Waals surface area contributed by atoms with Crippen molar-refractivity contribution in [3.63, 3.8) is 0 Å². The number of benzene rings is 7. The summed E-state index contributed by atoms with van der Waals surface area (Å²) in [5.74, 6) is 0. The first-order chi connectivity index (χ1) is 24.8. The minimum absolute atomic E-state index is 0.859. The number of pyridine rings is 2. The van der Waals surface area contributed by atoms with Gasteiger partial charge in [-0.2, -0.15) is 0 Å². The summed E-state index contributed by atoms with van der Waals surface area (Å²) in [4.78, 5) is 9.22. The Kier molecular flexibility index (Phi) is 7.53. The summed E-state index contributed by atoms with van der Waals surface area (Å²) < 4.78 is 0. The van der Waals surface area contributed by atoms with Crippen LogP contribution in [0.2, 0.25) is 0 Å². The molecule has 9 aromatic rings. The van der Waals surface area contributed by atoms with Crippen LogP contribution in [0.1, 0.15) is 0 Å². The normalized spacial score (nSPS) is 11.2. The molecule has 2 nitrogen and oxygen atoms in total. The summed E-state index contributed by atoms with van der Waals surface area (Å²) in [6.45, 7) is 0. The molecular weight excluding hydrogens is 605 g/mol. The lowest BCUT2D eigenvalue weighted by atomic mass is 9.84. The van der Waals surface area contributed by atoms with Gasteiger partial charge in [0.1, 0.15) is 0 Å². The summed E-state index contributed by atoms with van der Waals surface area (Å²) in [5, 5.41) is 4.91.